The number of aliphatic hydroxyl groups is 1. The standard InChI is InChI=1S/C22H32N2O3S/c25-21-13-17-15-24(18-7-10-28-11-8-18)14-16(17)12-20(21)23-22(26)6-9-27-19-4-2-1-3-5-19/h1-5,16-18,20-21,25H,6-15H2,(H,23,26)/t16-,17+,20-,21-/m0/s1. The molecule has 28 heavy (non-hydrogen) atoms. The second-order valence-corrected chi connectivity index (χ2v) is 9.67. The highest BCUT2D eigenvalue weighted by Crippen LogP contribution is 2.39. The van der Waals surface area contributed by atoms with Crippen LogP contribution in [0.1, 0.15) is 32.1 Å². The molecule has 6 heteroatoms. The number of amides is 1. The van der Waals surface area contributed by atoms with Crippen molar-refractivity contribution in [1.82, 2.24) is 10.2 Å². The highest BCUT2D eigenvalue weighted by Gasteiger charge is 2.43. The Balaban J connectivity index is 1.22. The minimum absolute atomic E-state index is 0.0300. The van der Waals surface area contributed by atoms with Crippen LogP contribution < -0.4 is 10.1 Å². The average molecular weight is 405 g/mol. The number of likely N-dealkylation sites (tertiary alicyclic amines) is 1. The van der Waals surface area contributed by atoms with Crippen molar-refractivity contribution in [2.75, 3.05) is 31.2 Å². The summed E-state index contributed by atoms with van der Waals surface area (Å²) < 4.78 is 5.61. The van der Waals surface area contributed by atoms with Crippen molar-refractivity contribution >= 4 is 17.7 Å². The molecule has 0 aromatic heterocycles. The summed E-state index contributed by atoms with van der Waals surface area (Å²) in [6.07, 6.45) is 4.20. The zero-order valence-electron chi connectivity index (χ0n) is 16.5. The summed E-state index contributed by atoms with van der Waals surface area (Å²) >= 11 is 2.07. The normalized spacial score (nSPS) is 31.3. The fourth-order valence-electron chi connectivity index (χ4n) is 5.03. The van der Waals surface area contributed by atoms with Crippen LogP contribution in [0.5, 0.6) is 5.75 Å². The van der Waals surface area contributed by atoms with Gasteiger partial charge in [-0.3, -0.25) is 9.69 Å². The lowest BCUT2D eigenvalue weighted by atomic mass is 9.77. The second-order valence-electron chi connectivity index (χ2n) is 8.44. The van der Waals surface area contributed by atoms with E-state index in [0.717, 1.165) is 37.7 Å². The summed E-state index contributed by atoms with van der Waals surface area (Å²) in [6.45, 7) is 2.62. The van der Waals surface area contributed by atoms with Crippen LogP contribution in [0.15, 0.2) is 30.3 Å². The first-order valence-electron chi connectivity index (χ1n) is 10.7. The van der Waals surface area contributed by atoms with Gasteiger partial charge in [0, 0.05) is 19.1 Å². The van der Waals surface area contributed by atoms with Crippen LogP contribution >= 0.6 is 11.8 Å². The van der Waals surface area contributed by atoms with Gasteiger partial charge in [0.2, 0.25) is 5.91 Å². The van der Waals surface area contributed by atoms with E-state index in [4.69, 9.17) is 4.74 Å². The van der Waals surface area contributed by atoms with Gasteiger partial charge in [-0.15, -0.1) is 0 Å². The smallest absolute Gasteiger partial charge is 0.223 e. The zero-order valence-corrected chi connectivity index (χ0v) is 17.3. The minimum atomic E-state index is -0.429. The first-order valence-corrected chi connectivity index (χ1v) is 11.8. The summed E-state index contributed by atoms with van der Waals surface area (Å²) in [5, 5.41) is 13.7. The monoisotopic (exact) mass is 404 g/mol. The van der Waals surface area contributed by atoms with Gasteiger partial charge in [-0.05, 0) is 61.2 Å². The lowest BCUT2D eigenvalue weighted by molar-refractivity contribution is -0.123. The van der Waals surface area contributed by atoms with E-state index in [9.17, 15) is 9.90 Å². The summed E-state index contributed by atoms with van der Waals surface area (Å²) in [5.41, 5.74) is 0. The molecule has 0 bridgehead atoms. The van der Waals surface area contributed by atoms with Gasteiger partial charge < -0.3 is 15.2 Å². The molecular formula is C22H32N2O3S. The molecule has 1 aliphatic carbocycles. The van der Waals surface area contributed by atoms with Crippen molar-refractivity contribution in [2.24, 2.45) is 11.8 Å². The van der Waals surface area contributed by atoms with Crippen molar-refractivity contribution in [3.63, 3.8) is 0 Å². The second kappa shape index (κ2) is 9.51. The molecule has 0 radical (unpaired) electrons. The van der Waals surface area contributed by atoms with E-state index >= 15 is 0 Å². The Hall–Kier alpha value is -1.24. The van der Waals surface area contributed by atoms with Crippen LogP contribution in [0.25, 0.3) is 0 Å². The number of thioether (sulfide) groups is 1. The lowest BCUT2D eigenvalue weighted by Crippen LogP contribution is -2.49. The minimum Gasteiger partial charge on any atom is -0.493 e. The van der Waals surface area contributed by atoms with Crippen LogP contribution in [0.4, 0.5) is 0 Å². The van der Waals surface area contributed by atoms with Crippen molar-refractivity contribution in [2.45, 2.75) is 50.3 Å². The van der Waals surface area contributed by atoms with Gasteiger partial charge in [-0.2, -0.15) is 11.8 Å². The Labute approximate surface area is 172 Å². The van der Waals surface area contributed by atoms with Crippen molar-refractivity contribution in [1.29, 1.82) is 0 Å². The molecule has 4 atom stereocenters. The van der Waals surface area contributed by atoms with Crippen molar-refractivity contribution < 1.29 is 14.6 Å². The molecular weight excluding hydrogens is 372 g/mol. The third-order valence-corrected chi connectivity index (χ3v) is 7.61. The number of nitrogens with one attached hydrogen (secondary N) is 1. The molecule has 2 saturated heterocycles. The number of ether oxygens (including phenoxy) is 1. The summed E-state index contributed by atoms with van der Waals surface area (Å²) in [6, 6.07) is 10.2. The third kappa shape index (κ3) is 5.02. The Kier molecular flexibility index (Phi) is 6.81. The highest BCUT2D eigenvalue weighted by molar-refractivity contribution is 7.99. The summed E-state index contributed by atoms with van der Waals surface area (Å²) in [4.78, 5) is 15.0. The first kappa shape index (κ1) is 20.0. The number of carbonyl (C=O) groups excluding carboxylic acids is 1. The lowest BCUT2D eigenvalue weighted by Gasteiger charge is -2.35. The molecule has 1 amide bonds. The number of carbonyl (C=O) groups is 1. The fourth-order valence-corrected chi connectivity index (χ4v) is 6.11. The topological polar surface area (TPSA) is 61.8 Å². The number of hydrogen-bond acceptors (Lipinski definition) is 5. The average Bonchev–Trinajstić information content (AvgIpc) is 3.12. The fraction of sp³-hybridized carbons (Fsp3) is 0.682. The van der Waals surface area contributed by atoms with Gasteiger partial charge in [0.15, 0.2) is 0 Å². The maximum absolute atomic E-state index is 12.3. The Morgan fingerprint density at radius 2 is 1.86 bits per heavy atom. The molecule has 2 N–H and O–H groups in total. The number of benzene rings is 1. The van der Waals surface area contributed by atoms with E-state index in [1.807, 2.05) is 30.3 Å². The van der Waals surface area contributed by atoms with Gasteiger partial charge in [0.05, 0.1) is 25.2 Å². The van der Waals surface area contributed by atoms with Gasteiger partial charge in [-0.25, -0.2) is 0 Å². The first-order chi connectivity index (χ1) is 13.7. The molecule has 0 unspecified atom stereocenters. The molecule has 5 nitrogen and oxygen atoms in total. The molecule has 3 fully saturated rings. The number of rotatable bonds is 6. The SMILES string of the molecule is O=C(CCOc1ccccc1)N[C@H]1C[C@H]2CN(C3CCSCC3)C[C@H]2C[C@@H]1O. The largest absolute Gasteiger partial charge is 0.493 e. The molecule has 1 aromatic carbocycles. The number of hydrogen-bond donors (Lipinski definition) is 2. The van der Waals surface area contributed by atoms with Crippen LogP contribution in [-0.4, -0.2) is 65.3 Å². The van der Waals surface area contributed by atoms with Gasteiger partial charge in [0.1, 0.15) is 5.75 Å². The molecule has 3 aliphatic rings. The number of fused-ring (bicyclic) bond motifs is 1. The molecule has 2 heterocycles. The van der Waals surface area contributed by atoms with Crippen LogP contribution in [0.3, 0.4) is 0 Å². The van der Waals surface area contributed by atoms with Gasteiger partial charge in [-0.1, -0.05) is 18.2 Å². The maximum Gasteiger partial charge on any atom is 0.223 e. The summed E-state index contributed by atoms with van der Waals surface area (Å²) in [7, 11) is 0. The third-order valence-electron chi connectivity index (χ3n) is 6.56. The zero-order chi connectivity index (χ0) is 19.3. The molecule has 154 valence electrons. The number of aliphatic hydroxyl groups excluding tert-OH is 1. The predicted octanol–water partition coefficient (Wildman–Crippen LogP) is 2.54. The highest BCUT2D eigenvalue weighted by atomic mass is 32.2. The maximum atomic E-state index is 12.3. The molecule has 1 aromatic rings. The van der Waals surface area contributed by atoms with E-state index in [-0.39, 0.29) is 11.9 Å². The number of nitrogens with zero attached hydrogens (tertiary/aromatic N) is 1. The van der Waals surface area contributed by atoms with Gasteiger partial charge in [0.25, 0.3) is 0 Å². The van der Waals surface area contributed by atoms with E-state index in [0.29, 0.717) is 24.9 Å². The molecule has 2 aliphatic heterocycles. The summed E-state index contributed by atoms with van der Waals surface area (Å²) in [5.74, 6) is 4.50. The van der Waals surface area contributed by atoms with Crippen LogP contribution in [0.2, 0.25) is 0 Å². The van der Waals surface area contributed by atoms with E-state index in [2.05, 4.69) is 22.0 Å². The van der Waals surface area contributed by atoms with Crippen LogP contribution in [0, 0.1) is 11.8 Å². The molecule has 0 spiro atoms. The Bertz CT molecular complexity index is 638. The van der Waals surface area contributed by atoms with E-state index < -0.39 is 6.10 Å². The van der Waals surface area contributed by atoms with Crippen molar-refractivity contribution in [3.8, 4) is 5.75 Å². The molecule has 4 rings (SSSR count). The number of para-hydroxylation sites is 1. The van der Waals surface area contributed by atoms with E-state index in [1.165, 1.54) is 24.3 Å². The van der Waals surface area contributed by atoms with Crippen LogP contribution in [-0.2, 0) is 4.79 Å². The quantitative estimate of drug-likeness (QED) is 0.763. The Morgan fingerprint density at radius 3 is 2.61 bits per heavy atom. The predicted molar refractivity (Wildman–Crippen MR) is 113 cm³/mol. The molecule has 1 saturated carbocycles. The van der Waals surface area contributed by atoms with Gasteiger partial charge >= 0.3 is 0 Å². The Morgan fingerprint density at radius 1 is 1.14 bits per heavy atom. The van der Waals surface area contributed by atoms with Crippen molar-refractivity contribution in [3.05, 3.63) is 30.3 Å². The van der Waals surface area contributed by atoms with E-state index in [1.54, 1.807) is 0 Å².